The molecule has 2 saturated heterocycles. The minimum absolute atomic E-state index is 0.00658. The monoisotopic (exact) mass is 498 g/mol. The molecule has 1 saturated carbocycles. The number of carbonyl (C=O) groups excluding carboxylic acids is 1. The first-order valence-electron chi connectivity index (χ1n) is 12.4. The van der Waals surface area contributed by atoms with Crippen molar-refractivity contribution in [3.63, 3.8) is 0 Å². The summed E-state index contributed by atoms with van der Waals surface area (Å²) in [7, 11) is 0. The van der Waals surface area contributed by atoms with E-state index in [1.807, 2.05) is 12.1 Å². The third-order valence-electron chi connectivity index (χ3n) is 7.21. The summed E-state index contributed by atoms with van der Waals surface area (Å²) in [5.74, 6) is 1.43. The molecule has 33 heavy (non-hydrogen) atoms. The van der Waals surface area contributed by atoms with Crippen LogP contribution in [0.25, 0.3) is 0 Å². The predicted octanol–water partition coefficient (Wildman–Crippen LogP) is 5.69. The van der Waals surface area contributed by atoms with Crippen molar-refractivity contribution in [3.8, 4) is 5.75 Å². The van der Waals surface area contributed by atoms with Crippen LogP contribution in [0.1, 0.15) is 57.8 Å². The summed E-state index contributed by atoms with van der Waals surface area (Å²) in [5.41, 5.74) is 0. The number of hydrogen-bond donors (Lipinski definition) is 1. The molecule has 1 aromatic rings. The van der Waals surface area contributed by atoms with Crippen LogP contribution in [0.3, 0.4) is 0 Å². The number of amides is 1. The Balaban J connectivity index is 1.08. The summed E-state index contributed by atoms with van der Waals surface area (Å²) >= 11 is 12.3. The van der Waals surface area contributed by atoms with Gasteiger partial charge in [-0.1, -0.05) is 29.3 Å². The minimum Gasteiger partial charge on any atom is -0.489 e. The van der Waals surface area contributed by atoms with E-state index in [0.29, 0.717) is 29.0 Å². The second-order valence-electron chi connectivity index (χ2n) is 9.58. The molecule has 3 aliphatic rings. The van der Waals surface area contributed by atoms with E-state index in [0.717, 1.165) is 64.1 Å². The molecule has 1 amide bonds. The zero-order chi connectivity index (χ0) is 23.0. The normalized spacial score (nSPS) is 25.5. The second kappa shape index (κ2) is 12.5. The van der Waals surface area contributed by atoms with Crippen LogP contribution in [-0.2, 0) is 9.47 Å². The Morgan fingerprint density at radius 3 is 2.45 bits per heavy atom. The van der Waals surface area contributed by atoms with Crippen LogP contribution in [-0.4, -0.2) is 62.1 Å². The lowest BCUT2D eigenvalue weighted by Gasteiger charge is -2.34. The molecule has 6 nitrogen and oxygen atoms in total. The molecular formula is C25H36Cl2N2O4. The highest BCUT2D eigenvalue weighted by Crippen LogP contribution is 2.33. The molecule has 0 bridgehead atoms. The van der Waals surface area contributed by atoms with E-state index in [-0.39, 0.29) is 24.3 Å². The zero-order valence-electron chi connectivity index (χ0n) is 19.3. The van der Waals surface area contributed by atoms with Gasteiger partial charge in [0.15, 0.2) is 0 Å². The maximum atomic E-state index is 12.2. The summed E-state index contributed by atoms with van der Waals surface area (Å²) in [6, 6.07) is 5.79. The Bertz CT molecular complexity index is 759. The molecule has 0 aromatic heterocycles. The lowest BCUT2D eigenvalue weighted by molar-refractivity contribution is 0.000257. The van der Waals surface area contributed by atoms with Crippen LogP contribution in [0, 0.1) is 5.92 Å². The average molecular weight is 499 g/mol. The molecule has 0 spiro atoms. The van der Waals surface area contributed by atoms with Gasteiger partial charge in [0, 0.05) is 32.0 Å². The van der Waals surface area contributed by atoms with Gasteiger partial charge in [0.1, 0.15) is 23.0 Å². The smallest absolute Gasteiger partial charge is 0.407 e. The summed E-state index contributed by atoms with van der Waals surface area (Å²) in [6.07, 6.45) is 9.24. The Kier molecular flexibility index (Phi) is 9.42. The number of benzene rings is 1. The molecule has 0 atom stereocenters. The fourth-order valence-corrected chi connectivity index (χ4v) is 5.45. The van der Waals surface area contributed by atoms with Crippen LogP contribution >= 0.6 is 23.2 Å². The van der Waals surface area contributed by atoms with Gasteiger partial charge in [-0.2, -0.15) is 0 Å². The minimum atomic E-state index is -0.255. The number of hydrogen-bond acceptors (Lipinski definition) is 5. The highest BCUT2D eigenvalue weighted by atomic mass is 35.5. The molecule has 0 radical (unpaired) electrons. The highest BCUT2D eigenvalue weighted by Gasteiger charge is 2.26. The molecule has 1 aromatic carbocycles. The number of rotatable bonds is 7. The lowest BCUT2D eigenvalue weighted by atomic mass is 9.84. The Labute approximate surface area is 207 Å². The largest absolute Gasteiger partial charge is 0.489 e. The van der Waals surface area contributed by atoms with Crippen LogP contribution < -0.4 is 10.1 Å². The number of alkyl carbamates (subject to hydrolysis) is 1. The molecule has 3 fully saturated rings. The number of piperidine rings is 1. The van der Waals surface area contributed by atoms with Crippen LogP contribution in [0.5, 0.6) is 5.75 Å². The molecule has 1 aliphatic carbocycles. The molecule has 4 rings (SSSR count). The van der Waals surface area contributed by atoms with Crippen molar-refractivity contribution in [2.75, 3.05) is 32.8 Å². The lowest BCUT2D eigenvalue weighted by Crippen LogP contribution is -2.41. The van der Waals surface area contributed by atoms with Crippen molar-refractivity contribution in [2.45, 2.75) is 76.0 Å². The van der Waals surface area contributed by atoms with E-state index in [9.17, 15) is 4.79 Å². The first-order chi connectivity index (χ1) is 16.1. The Morgan fingerprint density at radius 1 is 1.00 bits per heavy atom. The summed E-state index contributed by atoms with van der Waals surface area (Å²) in [5, 5.41) is 4.12. The van der Waals surface area contributed by atoms with Crippen molar-refractivity contribution < 1.29 is 19.0 Å². The fourth-order valence-electron chi connectivity index (χ4n) is 5.11. The summed E-state index contributed by atoms with van der Waals surface area (Å²) in [4.78, 5) is 14.7. The van der Waals surface area contributed by atoms with Gasteiger partial charge in [-0.25, -0.2) is 4.79 Å². The summed E-state index contributed by atoms with van der Waals surface area (Å²) < 4.78 is 17.0. The number of carbonyl (C=O) groups is 1. The van der Waals surface area contributed by atoms with Gasteiger partial charge in [0.05, 0.1) is 18.2 Å². The number of ether oxygens (including phenoxy) is 3. The van der Waals surface area contributed by atoms with Gasteiger partial charge in [-0.05, 0) is 69.5 Å². The third kappa shape index (κ3) is 7.64. The quantitative estimate of drug-likeness (QED) is 0.522. The van der Waals surface area contributed by atoms with E-state index in [1.165, 1.54) is 19.3 Å². The van der Waals surface area contributed by atoms with Gasteiger partial charge in [0.2, 0.25) is 0 Å². The molecule has 1 N–H and O–H groups in total. The van der Waals surface area contributed by atoms with Crippen molar-refractivity contribution in [1.29, 1.82) is 0 Å². The highest BCUT2D eigenvalue weighted by molar-refractivity contribution is 6.42. The van der Waals surface area contributed by atoms with Crippen LogP contribution in [0.15, 0.2) is 18.2 Å². The van der Waals surface area contributed by atoms with E-state index in [4.69, 9.17) is 37.4 Å². The van der Waals surface area contributed by atoms with E-state index < -0.39 is 0 Å². The van der Waals surface area contributed by atoms with Gasteiger partial charge >= 0.3 is 6.09 Å². The molecule has 2 aliphatic heterocycles. The average Bonchev–Trinajstić information content (AvgIpc) is 2.83. The fraction of sp³-hybridized carbons (Fsp3) is 0.720. The molecule has 184 valence electrons. The number of nitrogens with one attached hydrogen (secondary N) is 1. The third-order valence-corrected chi connectivity index (χ3v) is 8.01. The molecular weight excluding hydrogens is 463 g/mol. The Hall–Kier alpha value is -1.21. The molecule has 0 unspecified atom stereocenters. The van der Waals surface area contributed by atoms with Crippen LogP contribution in [0.2, 0.25) is 10.0 Å². The Morgan fingerprint density at radius 2 is 1.73 bits per heavy atom. The van der Waals surface area contributed by atoms with Gasteiger partial charge < -0.3 is 24.4 Å². The van der Waals surface area contributed by atoms with E-state index in [2.05, 4.69) is 10.2 Å². The van der Waals surface area contributed by atoms with Crippen LogP contribution in [0.4, 0.5) is 4.79 Å². The maximum absolute atomic E-state index is 12.2. The van der Waals surface area contributed by atoms with Gasteiger partial charge in [-0.15, -0.1) is 0 Å². The number of halogens is 2. The van der Waals surface area contributed by atoms with E-state index >= 15 is 0 Å². The van der Waals surface area contributed by atoms with Crippen molar-refractivity contribution in [1.82, 2.24) is 10.2 Å². The first-order valence-corrected chi connectivity index (χ1v) is 13.2. The standard InChI is InChI=1S/C25H36Cl2N2O4/c26-22-2-1-3-23(24(22)27)32-20-9-14-29(15-10-20)13-8-18-4-6-19(7-5-18)28-25(30)33-21-11-16-31-17-12-21/h1-3,18-21H,4-17H2,(H,28,30). The topological polar surface area (TPSA) is 60.0 Å². The number of nitrogens with zero attached hydrogens (tertiary/aromatic N) is 1. The summed E-state index contributed by atoms with van der Waals surface area (Å²) in [6.45, 7) is 4.61. The van der Waals surface area contributed by atoms with Crippen molar-refractivity contribution >= 4 is 29.3 Å². The zero-order valence-corrected chi connectivity index (χ0v) is 20.8. The molecule has 2 heterocycles. The molecule has 8 heteroatoms. The van der Waals surface area contributed by atoms with Gasteiger partial charge in [-0.3, -0.25) is 0 Å². The van der Waals surface area contributed by atoms with Gasteiger partial charge in [0.25, 0.3) is 0 Å². The second-order valence-corrected chi connectivity index (χ2v) is 10.4. The predicted molar refractivity (Wildman–Crippen MR) is 130 cm³/mol. The van der Waals surface area contributed by atoms with Crippen molar-refractivity contribution in [2.24, 2.45) is 5.92 Å². The SMILES string of the molecule is O=C(NC1CCC(CCN2CCC(Oc3cccc(Cl)c3Cl)CC2)CC1)OC1CCOCC1. The number of likely N-dealkylation sites (tertiary alicyclic amines) is 1. The van der Waals surface area contributed by atoms with Crippen molar-refractivity contribution in [3.05, 3.63) is 28.2 Å². The maximum Gasteiger partial charge on any atom is 0.407 e. The van der Waals surface area contributed by atoms with E-state index in [1.54, 1.807) is 6.07 Å². The first kappa shape index (κ1) is 24.9.